The number of alkyl halides is 3. The van der Waals surface area contributed by atoms with Crippen LogP contribution in [-0.2, 0) is 6.18 Å². The van der Waals surface area contributed by atoms with Crippen molar-refractivity contribution in [3.8, 4) is 0 Å². The molecule has 1 rings (SSSR count). The fraction of sp³-hybridized carbons (Fsp3) is 0.538. The molecular weight excluding hydrogens is 243 g/mol. The van der Waals surface area contributed by atoms with Gasteiger partial charge in [-0.2, -0.15) is 13.2 Å². The minimum absolute atomic E-state index is 0.0968. The first-order valence-electron chi connectivity index (χ1n) is 5.82. The molecule has 0 bridgehead atoms. The van der Waals surface area contributed by atoms with Gasteiger partial charge in [0.15, 0.2) is 0 Å². The van der Waals surface area contributed by atoms with Crippen LogP contribution in [0.4, 0.5) is 13.2 Å². The Morgan fingerprint density at radius 2 is 1.89 bits per heavy atom. The number of benzene rings is 1. The molecule has 18 heavy (non-hydrogen) atoms. The first-order valence-corrected chi connectivity index (χ1v) is 5.82. The molecule has 1 aromatic rings. The Labute approximate surface area is 105 Å². The molecule has 0 aromatic heterocycles. The van der Waals surface area contributed by atoms with Crippen molar-refractivity contribution in [2.45, 2.75) is 26.1 Å². The smallest absolute Gasteiger partial charge is 0.388 e. The quantitative estimate of drug-likeness (QED) is 0.875. The van der Waals surface area contributed by atoms with Crippen molar-refractivity contribution in [3.05, 3.63) is 35.4 Å². The molecule has 0 fully saturated rings. The van der Waals surface area contributed by atoms with Crippen LogP contribution in [0.2, 0.25) is 0 Å². The van der Waals surface area contributed by atoms with E-state index in [4.69, 9.17) is 5.73 Å². The fourth-order valence-electron chi connectivity index (χ4n) is 1.91. The number of hydrogen-bond donors (Lipinski definition) is 2. The Balaban J connectivity index is 3.03. The van der Waals surface area contributed by atoms with E-state index < -0.39 is 17.8 Å². The SMILES string of the molecule is CC(C)C(CN)C(O)c1cccc(C(F)(F)F)c1. The van der Waals surface area contributed by atoms with Gasteiger partial charge in [0.2, 0.25) is 0 Å². The number of nitrogens with two attached hydrogens (primary N) is 1. The summed E-state index contributed by atoms with van der Waals surface area (Å²) in [6.07, 6.45) is -5.37. The van der Waals surface area contributed by atoms with E-state index in [0.29, 0.717) is 0 Å². The number of hydrogen-bond acceptors (Lipinski definition) is 2. The molecule has 0 aliphatic carbocycles. The van der Waals surface area contributed by atoms with Crippen molar-refractivity contribution < 1.29 is 18.3 Å². The van der Waals surface area contributed by atoms with Crippen LogP contribution in [0.3, 0.4) is 0 Å². The summed E-state index contributed by atoms with van der Waals surface area (Å²) in [7, 11) is 0. The molecule has 2 atom stereocenters. The standard InChI is InChI=1S/C13H18F3NO/c1-8(2)11(7-17)12(18)9-4-3-5-10(6-9)13(14,15)16/h3-6,8,11-12,18H,7,17H2,1-2H3. The van der Waals surface area contributed by atoms with Gasteiger partial charge in [0.25, 0.3) is 0 Å². The summed E-state index contributed by atoms with van der Waals surface area (Å²) in [6.45, 7) is 4.00. The van der Waals surface area contributed by atoms with E-state index >= 15 is 0 Å². The maximum atomic E-state index is 12.6. The summed E-state index contributed by atoms with van der Waals surface area (Å²) < 4.78 is 37.7. The molecule has 0 amide bonds. The summed E-state index contributed by atoms with van der Waals surface area (Å²) >= 11 is 0. The molecule has 102 valence electrons. The molecular formula is C13H18F3NO. The number of rotatable bonds is 4. The molecule has 2 nitrogen and oxygen atoms in total. The second-order valence-corrected chi connectivity index (χ2v) is 4.71. The molecule has 3 N–H and O–H groups in total. The lowest BCUT2D eigenvalue weighted by Gasteiger charge is -2.25. The summed E-state index contributed by atoms with van der Waals surface area (Å²) in [5, 5.41) is 10.1. The van der Waals surface area contributed by atoms with Crippen LogP contribution in [-0.4, -0.2) is 11.7 Å². The van der Waals surface area contributed by atoms with Crippen molar-refractivity contribution >= 4 is 0 Å². The second kappa shape index (κ2) is 5.71. The van der Waals surface area contributed by atoms with E-state index in [1.165, 1.54) is 12.1 Å². The third-order valence-corrected chi connectivity index (χ3v) is 3.09. The average molecular weight is 261 g/mol. The zero-order valence-corrected chi connectivity index (χ0v) is 10.4. The molecule has 5 heteroatoms. The third kappa shape index (κ3) is 3.46. The lowest BCUT2D eigenvalue weighted by Crippen LogP contribution is -2.26. The molecule has 0 aliphatic heterocycles. The predicted octanol–water partition coefficient (Wildman–Crippen LogP) is 2.97. The average Bonchev–Trinajstić information content (AvgIpc) is 2.28. The monoisotopic (exact) mass is 261 g/mol. The van der Waals surface area contributed by atoms with Crippen LogP contribution in [0.1, 0.15) is 31.1 Å². The van der Waals surface area contributed by atoms with Crippen molar-refractivity contribution in [1.82, 2.24) is 0 Å². The first kappa shape index (κ1) is 15.0. The van der Waals surface area contributed by atoms with Gasteiger partial charge >= 0.3 is 6.18 Å². The highest BCUT2D eigenvalue weighted by atomic mass is 19.4. The maximum absolute atomic E-state index is 12.6. The third-order valence-electron chi connectivity index (χ3n) is 3.09. The minimum atomic E-state index is -4.40. The fourth-order valence-corrected chi connectivity index (χ4v) is 1.91. The van der Waals surface area contributed by atoms with Crippen LogP contribution in [0.25, 0.3) is 0 Å². The molecule has 0 radical (unpaired) electrons. The van der Waals surface area contributed by atoms with Crippen molar-refractivity contribution in [1.29, 1.82) is 0 Å². The van der Waals surface area contributed by atoms with E-state index in [2.05, 4.69) is 0 Å². The largest absolute Gasteiger partial charge is 0.416 e. The Kier molecular flexibility index (Phi) is 4.76. The van der Waals surface area contributed by atoms with Crippen LogP contribution in [0, 0.1) is 11.8 Å². The van der Waals surface area contributed by atoms with Gasteiger partial charge in [0, 0.05) is 5.92 Å². The van der Waals surface area contributed by atoms with Gasteiger partial charge in [0.1, 0.15) is 0 Å². The van der Waals surface area contributed by atoms with Crippen molar-refractivity contribution in [2.75, 3.05) is 6.54 Å². The van der Waals surface area contributed by atoms with Crippen LogP contribution in [0.5, 0.6) is 0 Å². The lowest BCUT2D eigenvalue weighted by atomic mass is 9.86. The molecule has 0 saturated carbocycles. The van der Waals surface area contributed by atoms with Gasteiger partial charge in [-0.3, -0.25) is 0 Å². The number of aliphatic hydroxyl groups is 1. The molecule has 0 heterocycles. The summed E-state index contributed by atoms with van der Waals surface area (Å²) in [5.74, 6) is -0.159. The van der Waals surface area contributed by atoms with Crippen LogP contribution < -0.4 is 5.73 Å². The lowest BCUT2D eigenvalue weighted by molar-refractivity contribution is -0.137. The molecule has 0 saturated heterocycles. The topological polar surface area (TPSA) is 46.2 Å². The Morgan fingerprint density at radius 3 is 2.33 bits per heavy atom. The molecule has 0 aliphatic rings. The van der Waals surface area contributed by atoms with Gasteiger partial charge in [-0.25, -0.2) is 0 Å². The van der Waals surface area contributed by atoms with Crippen molar-refractivity contribution in [3.63, 3.8) is 0 Å². The Bertz CT molecular complexity index is 390. The maximum Gasteiger partial charge on any atom is 0.416 e. The van der Waals surface area contributed by atoms with E-state index in [1.54, 1.807) is 0 Å². The molecule has 0 spiro atoms. The normalized spacial score (nSPS) is 15.8. The zero-order chi connectivity index (χ0) is 13.9. The summed E-state index contributed by atoms with van der Waals surface area (Å²) in [6, 6.07) is 4.76. The van der Waals surface area contributed by atoms with E-state index in [0.717, 1.165) is 12.1 Å². The van der Waals surface area contributed by atoms with Crippen LogP contribution >= 0.6 is 0 Å². The van der Waals surface area contributed by atoms with E-state index in [-0.39, 0.29) is 23.9 Å². The van der Waals surface area contributed by atoms with Gasteiger partial charge in [-0.1, -0.05) is 26.0 Å². The van der Waals surface area contributed by atoms with E-state index in [9.17, 15) is 18.3 Å². The van der Waals surface area contributed by atoms with Gasteiger partial charge in [-0.05, 0) is 30.2 Å². The summed E-state index contributed by atoms with van der Waals surface area (Å²) in [5.41, 5.74) is 5.06. The highest BCUT2D eigenvalue weighted by Gasteiger charge is 2.31. The summed E-state index contributed by atoms with van der Waals surface area (Å²) in [4.78, 5) is 0. The molecule has 1 aromatic carbocycles. The van der Waals surface area contributed by atoms with Crippen LogP contribution in [0.15, 0.2) is 24.3 Å². The predicted molar refractivity (Wildman–Crippen MR) is 63.8 cm³/mol. The number of halogens is 3. The Morgan fingerprint density at radius 1 is 1.28 bits per heavy atom. The second-order valence-electron chi connectivity index (χ2n) is 4.71. The first-order chi connectivity index (χ1) is 8.27. The number of aliphatic hydroxyl groups excluding tert-OH is 1. The molecule has 2 unspecified atom stereocenters. The van der Waals surface area contributed by atoms with Gasteiger partial charge < -0.3 is 10.8 Å². The zero-order valence-electron chi connectivity index (χ0n) is 10.4. The highest BCUT2D eigenvalue weighted by molar-refractivity contribution is 5.27. The highest BCUT2D eigenvalue weighted by Crippen LogP contribution is 2.33. The van der Waals surface area contributed by atoms with E-state index in [1.807, 2.05) is 13.8 Å². The van der Waals surface area contributed by atoms with Gasteiger partial charge in [0.05, 0.1) is 11.7 Å². The van der Waals surface area contributed by atoms with Crippen molar-refractivity contribution in [2.24, 2.45) is 17.6 Å². The minimum Gasteiger partial charge on any atom is -0.388 e. The van der Waals surface area contributed by atoms with Gasteiger partial charge in [-0.15, -0.1) is 0 Å². The Hall–Kier alpha value is -1.07.